The Bertz CT molecular complexity index is 1220. The first kappa shape index (κ1) is 21.0. The van der Waals surface area contributed by atoms with Crippen LogP contribution in [0.25, 0.3) is 10.9 Å². The van der Waals surface area contributed by atoms with E-state index in [2.05, 4.69) is 15.8 Å². The molecule has 2 heterocycles. The predicted octanol–water partition coefficient (Wildman–Crippen LogP) is 1.85. The van der Waals surface area contributed by atoms with Crippen LogP contribution in [0, 0.1) is 5.82 Å². The second-order valence-electron chi connectivity index (χ2n) is 7.30. The molecule has 162 valence electrons. The van der Waals surface area contributed by atoms with E-state index in [0.717, 1.165) is 32.9 Å². The zero-order valence-electron chi connectivity index (χ0n) is 16.5. The number of hydrogen-bond donors (Lipinski definition) is 3. The van der Waals surface area contributed by atoms with Gasteiger partial charge in [0, 0.05) is 23.6 Å². The summed E-state index contributed by atoms with van der Waals surface area (Å²) in [6.07, 6.45) is 2.61. The number of benzene rings is 2. The molecule has 0 aliphatic carbocycles. The van der Waals surface area contributed by atoms with Gasteiger partial charge in [-0.1, -0.05) is 18.2 Å². The van der Waals surface area contributed by atoms with Gasteiger partial charge in [-0.3, -0.25) is 20.4 Å². The van der Waals surface area contributed by atoms with Gasteiger partial charge in [-0.05, 0) is 48.7 Å². The van der Waals surface area contributed by atoms with E-state index in [1.807, 2.05) is 24.3 Å². The minimum Gasteiger partial charge on any atom is -0.361 e. The molecule has 0 saturated carbocycles. The third kappa shape index (κ3) is 4.30. The lowest BCUT2D eigenvalue weighted by Crippen LogP contribution is -2.51. The highest BCUT2D eigenvalue weighted by Crippen LogP contribution is 2.26. The molecule has 0 spiro atoms. The lowest BCUT2D eigenvalue weighted by atomic mass is 10.1. The Morgan fingerprint density at radius 3 is 2.61 bits per heavy atom. The Hall–Kier alpha value is -3.24. The monoisotopic (exact) mass is 444 g/mol. The van der Waals surface area contributed by atoms with Gasteiger partial charge in [-0.25, -0.2) is 12.8 Å². The highest BCUT2D eigenvalue weighted by Gasteiger charge is 2.39. The van der Waals surface area contributed by atoms with Crippen molar-refractivity contribution in [2.45, 2.75) is 30.2 Å². The molecule has 3 N–H and O–H groups in total. The molecule has 1 aliphatic heterocycles. The summed E-state index contributed by atoms with van der Waals surface area (Å²) >= 11 is 0. The Balaban J connectivity index is 1.39. The summed E-state index contributed by atoms with van der Waals surface area (Å²) < 4.78 is 40.0. The van der Waals surface area contributed by atoms with E-state index in [0.29, 0.717) is 12.8 Å². The molecule has 8 nitrogen and oxygen atoms in total. The summed E-state index contributed by atoms with van der Waals surface area (Å²) in [5, 5.41) is 0.913. The minimum absolute atomic E-state index is 0.0482. The van der Waals surface area contributed by atoms with Crippen LogP contribution in [-0.4, -0.2) is 42.1 Å². The number of halogens is 1. The fourth-order valence-electron chi connectivity index (χ4n) is 3.74. The Morgan fingerprint density at radius 2 is 1.84 bits per heavy atom. The number of aromatic amines is 1. The van der Waals surface area contributed by atoms with Crippen molar-refractivity contribution >= 4 is 32.7 Å². The lowest BCUT2D eigenvalue weighted by Gasteiger charge is -2.23. The Kier molecular flexibility index (Phi) is 5.75. The number of nitrogens with one attached hydrogen (secondary N) is 3. The van der Waals surface area contributed by atoms with Gasteiger partial charge in [-0.2, -0.15) is 4.31 Å². The number of carbonyl (C=O) groups is 2. The standard InChI is InChI=1S/C21H21FN4O4S/c22-15-7-9-16(10-8-15)31(29,30)26-11-3-6-19(26)21(28)25-24-20(27)12-14-13-23-18-5-2-1-4-17(14)18/h1-2,4-5,7-10,13,19,23H,3,6,11-12H2,(H,24,27)(H,25,28). The van der Waals surface area contributed by atoms with Crippen molar-refractivity contribution in [3.8, 4) is 0 Å². The molecule has 2 aromatic carbocycles. The molecule has 10 heteroatoms. The topological polar surface area (TPSA) is 111 Å². The third-order valence-electron chi connectivity index (χ3n) is 5.28. The number of hydrogen-bond acceptors (Lipinski definition) is 4. The number of nitrogens with zero attached hydrogens (tertiary/aromatic N) is 1. The van der Waals surface area contributed by atoms with Gasteiger partial charge in [0.05, 0.1) is 11.3 Å². The molecule has 0 radical (unpaired) electrons. The number of rotatable bonds is 5. The number of fused-ring (bicyclic) bond motifs is 1. The van der Waals surface area contributed by atoms with Gasteiger partial charge in [0.1, 0.15) is 11.9 Å². The number of amides is 2. The highest BCUT2D eigenvalue weighted by atomic mass is 32.2. The van der Waals surface area contributed by atoms with Gasteiger partial charge >= 0.3 is 0 Å². The maximum atomic E-state index is 13.1. The molecule has 2 amide bonds. The van der Waals surface area contributed by atoms with E-state index in [9.17, 15) is 22.4 Å². The number of sulfonamides is 1. The molecule has 3 aromatic rings. The van der Waals surface area contributed by atoms with Gasteiger partial charge in [0.2, 0.25) is 15.9 Å². The lowest BCUT2D eigenvalue weighted by molar-refractivity contribution is -0.130. The maximum Gasteiger partial charge on any atom is 0.256 e. The molecule has 1 fully saturated rings. The molecule has 31 heavy (non-hydrogen) atoms. The second-order valence-corrected chi connectivity index (χ2v) is 9.19. The molecular weight excluding hydrogens is 423 g/mol. The van der Waals surface area contributed by atoms with Crippen molar-refractivity contribution in [2.24, 2.45) is 0 Å². The summed E-state index contributed by atoms with van der Waals surface area (Å²) in [5.74, 6) is -1.59. The molecule has 1 atom stereocenters. The minimum atomic E-state index is -3.96. The summed E-state index contributed by atoms with van der Waals surface area (Å²) in [4.78, 5) is 27.9. The average Bonchev–Trinajstić information content (AvgIpc) is 3.41. The van der Waals surface area contributed by atoms with E-state index in [1.54, 1.807) is 6.20 Å². The largest absolute Gasteiger partial charge is 0.361 e. The van der Waals surface area contributed by atoms with Crippen LogP contribution in [0.5, 0.6) is 0 Å². The predicted molar refractivity (Wildman–Crippen MR) is 112 cm³/mol. The summed E-state index contributed by atoms with van der Waals surface area (Å²) in [6.45, 7) is 0.168. The van der Waals surface area contributed by atoms with E-state index in [-0.39, 0.29) is 17.9 Å². The van der Waals surface area contributed by atoms with Gasteiger partial charge in [0.15, 0.2) is 0 Å². The average molecular weight is 444 g/mol. The molecule has 1 saturated heterocycles. The molecular formula is C21H21FN4O4S. The van der Waals surface area contributed by atoms with Crippen molar-refractivity contribution < 1.29 is 22.4 Å². The number of aromatic nitrogens is 1. The van der Waals surface area contributed by atoms with Gasteiger partial charge in [0.25, 0.3) is 5.91 Å². The summed E-state index contributed by atoms with van der Waals surface area (Å²) in [7, 11) is -3.96. The van der Waals surface area contributed by atoms with Crippen molar-refractivity contribution in [3.05, 3.63) is 66.1 Å². The first-order valence-electron chi connectivity index (χ1n) is 9.77. The zero-order chi connectivity index (χ0) is 22.0. The van der Waals surface area contributed by atoms with E-state index in [4.69, 9.17) is 0 Å². The molecule has 0 bridgehead atoms. The van der Waals surface area contributed by atoms with Crippen LogP contribution < -0.4 is 10.9 Å². The number of carbonyl (C=O) groups excluding carboxylic acids is 2. The van der Waals surface area contributed by atoms with Gasteiger partial charge < -0.3 is 4.98 Å². The van der Waals surface area contributed by atoms with Gasteiger partial charge in [-0.15, -0.1) is 0 Å². The first-order valence-corrected chi connectivity index (χ1v) is 11.2. The van der Waals surface area contributed by atoms with Crippen molar-refractivity contribution in [1.29, 1.82) is 0 Å². The summed E-state index contributed by atoms with van der Waals surface area (Å²) in [6, 6.07) is 11.0. The second kappa shape index (κ2) is 8.48. The number of para-hydroxylation sites is 1. The third-order valence-corrected chi connectivity index (χ3v) is 7.20. The smallest absolute Gasteiger partial charge is 0.256 e. The van der Waals surface area contributed by atoms with Crippen molar-refractivity contribution in [3.63, 3.8) is 0 Å². The quantitative estimate of drug-likeness (QED) is 0.522. The van der Waals surface area contributed by atoms with Crippen LogP contribution >= 0.6 is 0 Å². The highest BCUT2D eigenvalue weighted by molar-refractivity contribution is 7.89. The SMILES string of the molecule is O=C(Cc1c[nH]c2ccccc12)NNC(=O)C1CCCN1S(=O)(=O)c1ccc(F)cc1. The van der Waals surface area contributed by atoms with Crippen molar-refractivity contribution in [2.75, 3.05) is 6.54 Å². The maximum absolute atomic E-state index is 13.1. The fourth-order valence-corrected chi connectivity index (χ4v) is 5.40. The number of H-pyrrole nitrogens is 1. The van der Waals surface area contributed by atoms with E-state index < -0.39 is 33.7 Å². The molecule has 1 aromatic heterocycles. The van der Waals surface area contributed by atoms with Crippen LogP contribution in [0.2, 0.25) is 0 Å². The summed E-state index contributed by atoms with van der Waals surface area (Å²) in [5.41, 5.74) is 6.38. The van der Waals surface area contributed by atoms with Crippen LogP contribution in [0.15, 0.2) is 59.6 Å². The van der Waals surface area contributed by atoms with E-state index in [1.165, 1.54) is 12.1 Å². The van der Waals surface area contributed by atoms with Crippen LogP contribution in [0.4, 0.5) is 4.39 Å². The van der Waals surface area contributed by atoms with Crippen molar-refractivity contribution in [1.82, 2.24) is 20.1 Å². The Morgan fingerprint density at radius 1 is 1.10 bits per heavy atom. The molecule has 1 unspecified atom stereocenters. The fraction of sp³-hybridized carbons (Fsp3) is 0.238. The van der Waals surface area contributed by atoms with Crippen LogP contribution in [-0.2, 0) is 26.0 Å². The van der Waals surface area contributed by atoms with E-state index >= 15 is 0 Å². The van der Waals surface area contributed by atoms with Crippen LogP contribution in [0.1, 0.15) is 18.4 Å². The first-order chi connectivity index (χ1) is 14.9. The normalized spacial score (nSPS) is 17.0. The molecule has 4 rings (SSSR count). The Labute approximate surface area is 178 Å². The van der Waals surface area contributed by atoms with Crippen LogP contribution in [0.3, 0.4) is 0 Å². The number of hydrazine groups is 1. The zero-order valence-corrected chi connectivity index (χ0v) is 17.3. The molecule has 1 aliphatic rings.